The second-order valence-electron chi connectivity index (χ2n) is 5.56. The molecular weight excluding hydrogens is 266 g/mol. The van der Waals surface area contributed by atoms with E-state index in [2.05, 4.69) is 9.97 Å². The van der Waals surface area contributed by atoms with Crippen molar-refractivity contribution in [1.29, 1.82) is 0 Å². The number of aliphatic carboxylic acids is 1. The summed E-state index contributed by atoms with van der Waals surface area (Å²) in [6.07, 6.45) is 4.72. The van der Waals surface area contributed by atoms with Gasteiger partial charge < -0.3 is 10.0 Å². The van der Waals surface area contributed by atoms with Gasteiger partial charge in [-0.2, -0.15) is 0 Å². The van der Waals surface area contributed by atoms with Crippen molar-refractivity contribution in [3.63, 3.8) is 0 Å². The van der Waals surface area contributed by atoms with Crippen LogP contribution in [0.3, 0.4) is 0 Å². The van der Waals surface area contributed by atoms with Crippen LogP contribution in [0.15, 0.2) is 30.5 Å². The van der Waals surface area contributed by atoms with Crippen LogP contribution in [0.2, 0.25) is 0 Å². The Balaban J connectivity index is 2.05. The number of para-hydroxylation sites is 2. The van der Waals surface area contributed by atoms with Gasteiger partial charge in [0.25, 0.3) is 0 Å². The largest absolute Gasteiger partial charge is 0.479 e. The summed E-state index contributed by atoms with van der Waals surface area (Å²) in [4.78, 5) is 22.8. The minimum atomic E-state index is -0.827. The molecule has 0 aliphatic carbocycles. The molecule has 1 saturated heterocycles. The molecule has 110 valence electrons. The van der Waals surface area contributed by atoms with Crippen LogP contribution in [0.4, 0.5) is 5.82 Å². The number of hydrogen-bond donors (Lipinski definition) is 1. The number of hydrogen-bond acceptors (Lipinski definition) is 4. The van der Waals surface area contributed by atoms with Crippen molar-refractivity contribution in [2.24, 2.45) is 0 Å². The molecule has 0 saturated carbocycles. The maximum Gasteiger partial charge on any atom is 0.329 e. The van der Waals surface area contributed by atoms with Gasteiger partial charge in [0, 0.05) is 6.54 Å². The molecule has 0 bridgehead atoms. The lowest BCUT2D eigenvalue weighted by atomic mass is 9.90. The molecule has 2 aromatic rings. The maximum atomic E-state index is 11.9. The summed E-state index contributed by atoms with van der Waals surface area (Å²) in [5, 5.41) is 9.75. The molecule has 1 atom stereocenters. The highest BCUT2D eigenvalue weighted by Crippen LogP contribution is 2.37. The van der Waals surface area contributed by atoms with E-state index >= 15 is 0 Å². The average molecular weight is 285 g/mol. The van der Waals surface area contributed by atoms with Gasteiger partial charge in [0.1, 0.15) is 11.4 Å². The van der Waals surface area contributed by atoms with Gasteiger partial charge in [-0.25, -0.2) is 9.78 Å². The number of carboxylic acids is 1. The van der Waals surface area contributed by atoms with E-state index < -0.39 is 11.5 Å². The van der Waals surface area contributed by atoms with Crippen LogP contribution in [0.1, 0.15) is 32.6 Å². The van der Waals surface area contributed by atoms with Crippen molar-refractivity contribution in [2.45, 2.75) is 38.1 Å². The first-order valence-electron chi connectivity index (χ1n) is 7.40. The van der Waals surface area contributed by atoms with Gasteiger partial charge in [0.15, 0.2) is 0 Å². The van der Waals surface area contributed by atoms with Crippen molar-refractivity contribution < 1.29 is 9.90 Å². The number of benzene rings is 1. The molecule has 1 fully saturated rings. The van der Waals surface area contributed by atoms with Crippen molar-refractivity contribution >= 4 is 22.8 Å². The van der Waals surface area contributed by atoms with Crippen LogP contribution in [0.5, 0.6) is 0 Å². The quantitative estimate of drug-likeness (QED) is 0.935. The molecule has 0 spiro atoms. The summed E-state index contributed by atoms with van der Waals surface area (Å²) in [5.74, 6) is -0.0844. The Bertz CT molecular complexity index is 673. The minimum absolute atomic E-state index is 0.636. The number of rotatable bonds is 4. The topological polar surface area (TPSA) is 66.3 Å². The Morgan fingerprint density at radius 3 is 2.86 bits per heavy atom. The number of anilines is 1. The highest BCUT2D eigenvalue weighted by Gasteiger charge is 2.47. The number of fused-ring (bicyclic) bond motifs is 1. The van der Waals surface area contributed by atoms with E-state index in [4.69, 9.17) is 0 Å². The fraction of sp³-hybridized carbons (Fsp3) is 0.438. The van der Waals surface area contributed by atoms with Gasteiger partial charge in [-0.3, -0.25) is 4.98 Å². The fourth-order valence-electron chi connectivity index (χ4n) is 3.29. The van der Waals surface area contributed by atoms with E-state index in [9.17, 15) is 9.90 Å². The predicted octanol–water partition coefficient (Wildman–Crippen LogP) is 2.85. The Labute approximate surface area is 123 Å². The molecule has 1 aliphatic rings. The first-order valence-corrected chi connectivity index (χ1v) is 7.40. The van der Waals surface area contributed by atoms with E-state index in [1.54, 1.807) is 6.20 Å². The van der Waals surface area contributed by atoms with Gasteiger partial charge in [0.2, 0.25) is 0 Å². The Morgan fingerprint density at radius 2 is 2.14 bits per heavy atom. The van der Waals surface area contributed by atoms with Crippen LogP contribution in [-0.4, -0.2) is 33.1 Å². The second kappa shape index (κ2) is 5.31. The first kappa shape index (κ1) is 13.8. The highest BCUT2D eigenvalue weighted by molar-refractivity contribution is 5.85. The molecule has 0 amide bonds. The lowest BCUT2D eigenvalue weighted by Gasteiger charge is -2.35. The summed E-state index contributed by atoms with van der Waals surface area (Å²) >= 11 is 0. The number of carbonyl (C=O) groups is 1. The molecule has 1 unspecified atom stereocenters. The van der Waals surface area contributed by atoms with Gasteiger partial charge in [-0.1, -0.05) is 25.5 Å². The Morgan fingerprint density at radius 1 is 1.38 bits per heavy atom. The zero-order valence-electron chi connectivity index (χ0n) is 12.1. The standard InChI is InChI=1S/C16H19N3O2/c1-2-8-16(15(20)21)9-5-10-19(16)14-11-17-12-6-3-4-7-13(12)18-14/h3-4,6-7,11H,2,5,8-10H2,1H3,(H,20,21). The van der Waals surface area contributed by atoms with Crippen LogP contribution in [0, 0.1) is 0 Å². The lowest BCUT2D eigenvalue weighted by molar-refractivity contribution is -0.143. The molecule has 1 aromatic heterocycles. The van der Waals surface area contributed by atoms with Gasteiger partial charge in [-0.05, 0) is 31.4 Å². The summed E-state index contributed by atoms with van der Waals surface area (Å²) in [7, 11) is 0. The monoisotopic (exact) mass is 285 g/mol. The zero-order valence-corrected chi connectivity index (χ0v) is 12.1. The molecule has 1 aromatic carbocycles. The molecular formula is C16H19N3O2. The van der Waals surface area contributed by atoms with Gasteiger partial charge in [-0.15, -0.1) is 0 Å². The van der Waals surface area contributed by atoms with Gasteiger partial charge >= 0.3 is 5.97 Å². The van der Waals surface area contributed by atoms with Crippen molar-refractivity contribution in [3.05, 3.63) is 30.5 Å². The van der Waals surface area contributed by atoms with E-state index in [1.165, 1.54) is 0 Å². The molecule has 0 radical (unpaired) electrons. The smallest absolute Gasteiger partial charge is 0.329 e. The van der Waals surface area contributed by atoms with E-state index in [0.717, 1.165) is 30.4 Å². The predicted molar refractivity (Wildman–Crippen MR) is 81.4 cm³/mol. The normalized spacial score (nSPS) is 21.9. The highest BCUT2D eigenvalue weighted by atomic mass is 16.4. The number of aromatic nitrogens is 2. The zero-order chi connectivity index (χ0) is 14.9. The Kier molecular flexibility index (Phi) is 3.49. The average Bonchev–Trinajstić information content (AvgIpc) is 2.92. The van der Waals surface area contributed by atoms with Crippen LogP contribution in [-0.2, 0) is 4.79 Å². The second-order valence-corrected chi connectivity index (χ2v) is 5.56. The first-order chi connectivity index (χ1) is 10.2. The summed E-state index contributed by atoms with van der Waals surface area (Å²) in [5.41, 5.74) is 0.806. The third-order valence-corrected chi connectivity index (χ3v) is 4.26. The van der Waals surface area contributed by atoms with Crippen molar-refractivity contribution in [3.8, 4) is 0 Å². The van der Waals surface area contributed by atoms with Crippen molar-refractivity contribution in [1.82, 2.24) is 9.97 Å². The van der Waals surface area contributed by atoms with Crippen LogP contribution >= 0.6 is 0 Å². The molecule has 2 heterocycles. The van der Waals surface area contributed by atoms with Crippen LogP contribution < -0.4 is 4.90 Å². The SMILES string of the molecule is CCCC1(C(=O)O)CCCN1c1cnc2ccccc2n1. The molecule has 5 heteroatoms. The number of nitrogens with zero attached hydrogens (tertiary/aromatic N) is 3. The van der Waals surface area contributed by atoms with E-state index in [1.807, 2.05) is 36.1 Å². The third-order valence-electron chi connectivity index (χ3n) is 4.26. The molecule has 5 nitrogen and oxygen atoms in total. The summed E-state index contributed by atoms with van der Waals surface area (Å²) < 4.78 is 0. The molecule has 21 heavy (non-hydrogen) atoms. The molecule has 3 rings (SSSR count). The maximum absolute atomic E-state index is 11.9. The van der Waals surface area contributed by atoms with Crippen LogP contribution in [0.25, 0.3) is 11.0 Å². The summed E-state index contributed by atoms with van der Waals surface area (Å²) in [6.45, 7) is 2.74. The van der Waals surface area contributed by atoms with Crippen molar-refractivity contribution in [2.75, 3.05) is 11.4 Å². The summed E-state index contributed by atoms with van der Waals surface area (Å²) in [6, 6.07) is 7.66. The number of carboxylic acid groups (broad SMARTS) is 1. The van der Waals surface area contributed by atoms with E-state index in [-0.39, 0.29) is 0 Å². The fourth-order valence-corrected chi connectivity index (χ4v) is 3.29. The van der Waals surface area contributed by atoms with Gasteiger partial charge in [0.05, 0.1) is 17.2 Å². The minimum Gasteiger partial charge on any atom is -0.479 e. The van der Waals surface area contributed by atoms with E-state index in [0.29, 0.717) is 18.7 Å². The molecule has 1 N–H and O–H groups in total. The lowest BCUT2D eigenvalue weighted by Crippen LogP contribution is -2.51. The Hall–Kier alpha value is -2.17. The molecule has 1 aliphatic heterocycles. The third kappa shape index (κ3) is 2.22.